The summed E-state index contributed by atoms with van der Waals surface area (Å²) in [7, 11) is 0. The first kappa shape index (κ1) is 20.3. The molecule has 1 amide bonds. The van der Waals surface area contributed by atoms with E-state index in [2.05, 4.69) is 10.4 Å². The number of halogens is 1. The number of carbonyl (C=O) groups is 1. The van der Waals surface area contributed by atoms with Crippen molar-refractivity contribution in [3.05, 3.63) is 70.5 Å². The third-order valence-electron chi connectivity index (χ3n) is 4.96. The minimum absolute atomic E-state index is 0.116. The zero-order valence-corrected chi connectivity index (χ0v) is 17.8. The highest BCUT2D eigenvalue weighted by Gasteiger charge is 2.21. The van der Waals surface area contributed by atoms with Crippen LogP contribution in [0, 0.1) is 0 Å². The van der Waals surface area contributed by atoms with Crippen LogP contribution in [0.4, 0.5) is 0 Å². The van der Waals surface area contributed by atoms with Gasteiger partial charge >= 0.3 is 0 Å². The van der Waals surface area contributed by atoms with Crippen LogP contribution in [0.25, 0.3) is 5.69 Å². The number of benzene rings is 2. The molecule has 0 saturated carbocycles. The Morgan fingerprint density at radius 3 is 2.73 bits per heavy atom. The number of nitrogens with one attached hydrogen (secondary N) is 1. The molecule has 3 aromatic rings. The van der Waals surface area contributed by atoms with Gasteiger partial charge in [-0.3, -0.25) is 4.79 Å². The lowest BCUT2D eigenvalue weighted by Gasteiger charge is -2.19. The van der Waals surface area contributed by atoms with Crippen molar-refractivity contribution in [2.75, 3.05) is 19.8 Å². The average Bonchev–Trinajstić information content (AvgIpc) is 3.19. The summed E-state index contributed by atoms with van der Waals surface area (Å²) < 4.78 is 13.0. The number of fused-ring (bicyclic) bond motifs is 1. The lowest BCUT2D eigenvalue weighted by Crippen LogP contribution is -2.26. The van der Waals surface area contributed by atoms with E-state index in [4.69, 9.17) is 21.1 Å². The number of nitrogens with zero attached hydrogens (tertiary/aromatic N) is 2. The third kappa shape index (κ3) is 4.28. The van der Waals surface area contributed by atoms with E-state index in [9.17, 15) is 4.79 Å². The molecule has 0 unspecified atom stereocenters. The molecule has 0 spiro atoms. The molecule has 30 heavy (non-hydrogen) atoms. The van der Waals surface area contributed by atoms with Crippen LogP contribution in [0.15, 0.2) is 48.7 Å². The summed E-state index contributed by atoms with van der Waals surface area (Å²) >= 11 is 6.13. The van der Waals surface area contributed by atoms with Crippen molar-refractivity contribution in [1.29, 1.82) is 0 Å². The number of rotatable bonds is 6. The number of amides is 1. The van der Waals surface area contributed by atoms with Crippen LogP contribution in [0.2, 0.25) is 5.02 Å². The van der Waals surface area contributed by atoms with Gasteiger partial charge in [0.05, 0.1) is 23.1 Å². The monoisotopic (exact) mass is 425 g/mol. The van der Waals surface area contributed by atoms with Gasteiger partial charge in [0.1, 0.15) is 13.2 Å². The molecule has 0 atom stereocenters. The Hall–Kier alpha value is -2.99. The molecule has 1 N–H and O–H groups in total. The quantitative estimate of drug-likeness (QED) is 0.636. The molecule has 0 aliphatic carbocycles. The van der Waals surface area contributed by atoms with Gasteiger partial charge in [-0.05, 0) is 48.2 Å². The maximum absolute atomic E-state index is 12.9. The SMILES string of the molecule is CC(C)c1c(C(=O)NCCc2ccc3c(c2)OCCO3)cnn1-c1cccc(Cl)c1. The fourth-order valence-corrected chi connectivity index (χ4v) is 3.75. The third-order valence-corrected chi connectivity index (χ3v) is 5.19. The van der Waals surface area contributed by atoms with Gasteiger partial charge in [0.25, 0.3) is 5.91 Å². The lowest BCUT2D eigenvalue weighted by atomic mass is 10.0. The highest BCUT2D eigenvalue weighted by molar-refractivity contribution is 6.30. The zero-order chi connectivity index (χ0) is 21.1. The van der Waals surface area contributed by atoms with Crippen LogP contribution in [0.1, 0.15) is 41.4 Å². The average molecular weight is 426 g/mol. The Morgan fingerprint density at radius 2 is 1.97 bits per heavy atom. The first-order valence-corrected chi connectivity index (χ1v) is 10.4. The fourth-order valence-electron chi connectivity index (χ4n) is 3.56. The standard InChI is InChI=1S/C23H24ClN3O3/c1-15(2)22-19(14-26-27(22)18-5-3-4-17(24)13-18)23(28)25-9-8-16-6-7-20-21(12-16)30-11-10-29-20/h3-7,12-15H,8-11H2,1-2H3,(H,25,28). The van der Waals surface area contributed by atoms with Crippen molar-refractivity contribution in [3.8, 4) is 17.2 Å². The summed E-state index contributed by atoms with van der Waals surface area (Å²) in [6.45, 7) is 5.73. The number of ether oxygens (including phenoxy) is 2. The Balaban J connectivity index is 1.46. The summed E-state index contributed by atoms with van der Waals surface area (Å²) in [5.41, 5.74) is 3.35. The molecule has 0 bridgehead atoms. The Labute approximate surface area is 180 Å². The minimum Gasteiger partial charge on any atom is -0.486 e. The van der Waals surface area contributed by atoms with Gasteiger partial charge in [-0.1, -0.05) is 37.6 Å². The van der Waals surface area contributed by atoms with Gasteiger partial charge in [-0.15, -0.1) is 0 Å². The molecule has 1 aliphatic rings. The maximum Gasteiger partial charge on any atom is 0.254 e. The summed E-state index contributed by atoms with van der Waals surface area (Å²) in [6.07, 6.45) is 2.32. The Morgan fingerprint density at radius 1 is 1.17 bits per heavy atom. The van der Waals surface area contributed by atoms with Crippen molar-refractivity contribution in [2.24, 2.45) is 0 Å². The molecule has 0 saturated heterocycles. The summed E-state index contributed by atoms with van der Waals surface area (Å²) in [5.74, 6) is 1.51. The van der Waals surface area contributed by atoms with E-state index in [-0.39, 0.29) is 11.8 Å². The van der Waals surface area contributed by atoms with Crippen LogP contribution < -0.4 is 14.8 Å². The predicted molar refractivity (Wildman–Crippen MR) is 116 cm³/mol. The van der Waals surface area contributed by atoms with E-state index in [0.29, 0.717) is 36.8 Å². The van der Waals surface area contributed by atoms with Crippen molar-refractivity contribution in [1.82, 2.24) is 15.1 Å². The molecule has 4 rings (SSSR count). The number of hydrogen-bond donors (Lipinski definition) is 1. The number of aromatic nitrogens is 2. The molecule has 7 heteroatoms. The summed E-state index contributed by atoms with van der Waals surface area (Å²) in [4.78, 5) is 12.9. The molecule has 1 aromatic heterocycles. The first-order valence-electron chi connectivity index (χ1n) is 10.0. The predicted octanol–water partition coefficient (Wildman–Crippen LogP) is 4.39. The van der Waals surface area contributed by atoms with Crippen molar-refractivity contribution in [2.45, 2.75) is 26.2 Å². The molecule has 2 heterocycles. The number of carbonyl (C=O) groups excluding carboxylic acids is 1. The normalized spacial score (nSPS) is 12.8. The van der Waals surface area contributed by atoms with Gasteiger partial charge in [-0.2, -0.15) is 5.10 Å². The van der Waals surface area contributed by atoms with Crippen molar-refractivity contribution < 1.29 is 14.3 Å². The fraction of sp³-hybridized carbons (Fsp3) is 0.304. The second-order valence-corrected chi connectivity index (χ2v) is 7.91. The topological polar surface area (TPSA) is 65.4 Å². The highest BCUT2D eigenvalue weighted by Crippen LogP contribution is 2.31. The van der Waals surface area contributed by atoms with E-state index in [1.54, 1.807) is 10.9 Å². The molecular formula is C23H24ClN3O3. The zero-order valence-electron chi connectivity index (χ0n) is 17.0. The molecule has 1 aliphatic heterocycles. The molecule has 2 aromatic carbocycles. The maximum atomic E-state index is 12.9. The van der Waals surface area contributed by atoms with E-state index >= 15 is 0 Å². The van der Waals surface area contributed by atoms with Crippen molar-refractivity contribution >= 4 is 17.5 Å². The molecule has 0 fully saturated rings. The summed E-state index contributed by atoms with van der Waals surface area (Å²) in [5, 5.41) is 8.09. The van der Waals surface area contributed by atoms with Gasteiger partial charge in [0.15, 0.2) is 11.5 Å². The second-order valence-electron chi connectivity index (χ2n) is 7.47. The van der Waals surface area contributed by atoms with Crippen molar-refractivity contribution in [3.63, 3.8) is 0 Å². The lowest BCUT2D eigenvalue weighted by molar-refractivity contribution is 0.0952. The van der Waals surface area contributed by atoms with E-state index in [0.717, 1.165) is 28.4 Å². The number of hydrogen-bond acceptors (Lipinski definition) is 4. The minimum atomic E-state index is -0.135. The van der Waals surface area contributed by atoms with E-state index in [1.807, 2.05) is 56.3 Å². The smallest absolute Gasteiger partial charge is 0.254 e. The van der Waals surface area contributed by atoms with Crippen LogP contribution >= 0.6 is 11.6 Å². The van der Waals surface area contributed by atoms with Crippen LogP contribution in [-0.4, -0.2) is 35.4 Å². The van der Waals surface area contributed by atoms with Crippen LogP contribution in [0.5, 0.6) is 11.5 Å². The van der Waals surface area contributed by atoms with Gasteiger partial charge < -0.3 is 14.8 Å². The van der Waals surface area contributed by atoms with Crippen LogP contribution in [-0.2, 0) is 6.42 Å². The Kier molecular flexibility index (Phi) is 5.95. The van der Waals surface area contributed by atoms with Gasteiger partial charge in [-0.25, -0.2) is 4.68 Å². The molecule has 6 nitrogen and oxygen atoms in total. The second kappa shape index (κ2) is 8.79. The van der Waals surface area contributed by atoms with Gasteiger partial charge in [0, 0.05) is 11.6 Å². The van der Waals surface area contributed by atoms with Gasteiger partial charge in [0.2, 0.25) is 0 Å². The van der Waals surface area contributed by atoms with E-state index < -0.39 is 0 Å². The van der Waals surface area contributed by atoms with Crippen LogP contribution in [0.3, 0.4) is 0 Å². The first-order chi connectivity index (χ1) is 14.5. The molecule has 156 valence electrons. The molecule has 0 radical (unpaired) electrons. The Bertz CT molecular complexity index is 1060. The highest BCUT2D eigenvalue weighted by atomic mass is 35.5. The van der Waals surface area contributed by atoms with E-state index in [1.165, 1.54) is 0 Å². The molecular weight excluding hydrogens is 402 g/mol. The summed E-state index contributed by atoms with van der Waals surface area (Å²) in [6, 6.07) is 13.3. The largest absolute Gasteiger partial charge is 0.486 e.